The van der Waals surface area contributed by atoms with Gasteiger partial charge in [0, 0.05) is 13.1 Å². The second kappa shape index (κ2) is 11.8. The molecule has 72 valence electrons. The van der Waals surface area contributed by atoms with Crippen LogP contribution >= 0.6 is 0 Å². The molecule has 5 nitrogen and oxygen atoms in total. The topological polar surface area (TPSA) is 106 Å². The number of rotatable bonds is 3. The normalized spacial score (nSPS) is 9.33. The minimum atomic E-state index is -3.67. The molecule has 0 aliphatic rings. The van der Waals surface area contributed by atoms with Crippen LogP contribution in [0, 0.1) is 0 Å². The Balaban J connectivity index is -0.000000142. The van der Waals surface area contributed by atoms with Crippen LogP contribution in [-0.4, -0.2) is 61.4 Å². The van der Waals surface area contributed by atoms with Crippen LogP contribution in [0.15, 0.2) is 0 Å². The summed E-state index contributed by atoms with van der Waals surface area (Å²) in [6.45, 7) is 2.88. The predicted octanol–water partition coefficient (Wildman–Crippen LogP) is -1.46. The Bertz CT molecular complexity index is 158. The zero-order valence-corrected chi connectivity index (χ0v) is 7.47. The van der Waals surface area contributed by atoms with Crippen LogP contribution in [0.4, 0.5) is 0 Å². The summed E-state index contributed by atoms with van der Waals surface area (Å²) in [5.74, 6) is -0.132. The Morgan fingerprint density at radius 1 is 1.25 bits per heavy atom. The molecule has 0 radical (unpaired) electrons. The first-order chi connectivity index (χ1) is 4.97. The molecule has 0 bridgehead atoms. The van der Waals surface area contributed by atoms with Crippen molar-refractivity contribution in [3.63, 3.8) is 0 Å². The van der Waals surface area contributed by atoms with E-state index in [1.807, 2.05) is 0 Å². The van der Waals surface area contributed by atoms with Crippen LogP contribution in [0.1, 0.15) is 13.3 Å². The van der Waals surface area contributed by atoms with Gasteiger partial charge in [-0.2, -0.15) is 8.42 Å². The van der Waals surface area contributed by atoms with Crippen molar-refractivity contribution < 1.29 is 13.0 Å². The third kappa shape index (κ3) is 30.8. The van der Waals surface area contributed by atoms with E-state index in [1.54, 1.807) is 6.92 Å². The van der Waals surface area contributed by atoms with E-state index in [4.69, 9.17) is 16.0 Å². The molecule has 0 heterocycles. The van der Waals surface area contributed by atoms with Gasteiger partial charge in [-0.05, 0) is 6.42 Å². The van der Waals surface area contributed by atoms with Crippen molar-refractivity contribution in [3.8, 4) is 0 Å². The molecular weight excluding hydrogens is 191 g/mol. The summed E-state index contributed by atoms with van der Waals surface area (Å²) in [6.07, 6.45) is 0.471. The summed E-state index contributed by atoms with van der Waals surface area (Å²) >= 11 is 0. The summed E-state index contributed by atoms with van der Waals surface area (Å²) in [5.41, 5.74) is 9.81. The second-order valence-corrected chi connectivity index (χ2v) is 3.44. The van der Waals surface area contributed by atoms with Crippen molar-refractivity contribution in [3.05, 3.63) is 0 Å². The van der Waals surface area contributed by atoms with E-state index in [0.717, 1.165) is 0 Å². The fourth-order valence-electron chi connectivity index (χ4n) is 0.258. The molecule has 0 spiro atoms. The Morgan fingerprint density at radius 2 is 1.58 bits per heavy atom. The van der Waals surface area contributed by atoms with Gasteiger partial charge in [-0.15, -0.1) is 0 Å². The molecule has 0 atom stereocenters. The molecular formula is C5H17N2NaO3S. The number of hydrogen-bond acceptors (Lipinski definition) is 4. The van der Waals surface area contributed by atoms with E-state index in [-0.39, 0.29) is 35.3 Å². The van der Waals surface area contributed by atoms with E-state index in [1.165, 1.54) is 0 Å². The fourth-order valence-corrected chi connectivity index (χ4v) is 0.774. The summed E-state index contributed by atoms with van der Waals surface area (Å²) in [4.78, 5) is 0. The number of nitrogens with two attached hydrogens (primary N) is 2. The van der Waals surface area contributed by atoms with Crippen molar-refractivity contribution in [1.82, 2.24) is 0 Å². The Labute approximate surface area is 95.9 Å². The van der Waals surface area contributed by atoms with Gasteiger partial charge in [0.2, 0.25) is 0 Å². The molecule has 0 aromatic carbocycles. The Hall–Kier alpha value is 0.830. The van der Waals surface area contributed by atoms with Gasteiger partial charge in [-0.3, -0.25) is 4.55 Å². The van der Waals surface area contributed by atoms with Gasteiger partial charge in [0.25, 0.3) is 10.1 Å². The molecule has 0 aromatic rings. The van der Waals surface area contributed by atoms with E-state index >= 15 is 0 Å². The first-order valence-corrected chi connectivity index (χ1v) is 4.94. The third-order valence-corrected chi connectivity index (χ3v) is 1.55. The molecule has 7 heteroatoms. The molecule has 12 heavy (non-hydrogen) atoms. The molecule has 0 aliphatic heterocycles. The first kappa shape index (κ1) is 18.6. The van der Waals surface area contributed by atoms with Crippen LogP contribution in [-0.2, 0) is 10.1 Å². The zero-order valence-electron chi connectivity index (χ0n) is 6.66. The quantitative estimate of drug-likeness (QED) is 0.388. The van der Waals surface area contributed by atoms with Crippen LogP contribution in [0.25, 0.3) is 0 Å². The Kier molecular flexibility index (Phi) is 18.3. The SMILES string of the molecule is CCCS(=O)(=O)O.NCCN.[NaH]. The van der Waals surface area contributed by atoms with Crippen LogP contribution < -0.4 is 11.5 Å². The molecule has 0 aliphatic carbocycles. The average Bonchev–Trinajstić information content (AvgIpc) is 1.86. The van der Waals surface area contributed by atoms with E-state index < -0.39 is 10.1 Å². The van der Waals surface area contributed by atoms with Gasteiger partial charge < -0.3 is 11.5 Å². The van der Waals surface area contributed by atoms with Crippen LogP contribution in [0.2, 0.25) is 0 Å². The molecule has 0 aromatic heterocycles. The maximum absolute atomic E-state index is 9.79. The summed E-state index contributed by atoms with van der Waals surface area (Å²) in [6, 6.07) is 0. The second-order valence-electron chi connectivity index (χ2n) is 1.86. The summed E-state index contributed by atoms with van der Waals surface area (Å²) in [5, 5.41) is 0. The van der Waals surface area contributed by atoms with Crippen LogP contribution in [0.5, 0.6) is 0 Å². The van der Waals surface area contributed by atoms with Gasteiger partial charge >= 0.3 is 29.6 Å². The summed E-state index contributed by atoms with van der Waals surface area (Å²) < 4.78 is 27.6. The molecule has 0 unspecified atom stereocenters. The van der Waals surface area contributed by atoms with E-state index in [2.05, 4.69) is 0 Å². The van der Waals surface area contributed by atoms with Gasteiger partial charge in [-0.1, -0.05) is 6.92 Å². The van der Waals surface area contributed by atoms with Gasteiger partial charge in [-0.25, -0.2) is 0 Å². The van der Waals surface area contributed by atoms with E-state index in [0.29, 0.717) is 19.5 Å². The van der Waals surface area contributed by atoms with Gasteiger partial charge in [0.15, 0.2) is 0 Å². The zero-order chi connectivity index (χ0) is 9.33. The molecule has 0 amide bonds. The van der Waals surface area contributed by atoms with Crippen molar-refractivity contribution in [2.45, 2.75) is 13.3 Å². The van der Waals surface area contributed by atoms with Crippen molar-refractivity contribution in [2.75, 3.05) is 18.8 Å². The Morgan fingerprint density at radius 3 is 1.58 bits per heavy atom. The van der Waals surface area contributed by atoms with Crippen LogP contribution in [0.3, 0.4) is 0 Å². The average molecular weight is 208 g/mol. The van der Waals surface area contributed by atoms with Gasteiger partial charge in [0.1, 0.15) is 0 Å². The molecule has 0 saturated heterocycles. The monoisotopic (exact) mass is 208 g/mol. The van der Waals surface area contributed by atoms with Crippen molar-refractivity contribution in [1.29, 1.82) is 0 Å². The molecule has 0 rings (SSSR count). The molecule has 5 N–H and O–H groups in total. The van der Waals surface area contributed by atoms with Crippen molar-refractivity contribution in [2.24, 2.45) is 11.5 Å². The van der Waals surface area contributed by atoms with Crippen molar-refractivity contribution >= 4 is 39.7 Å². The summed E-state index contributed by atoms with van der Waals surface area (Å²) in [7, 11) is -3.67. The molecule has 0 saturated carbocycles. The number of hydrogen-bond donors (Lipinski definition) is 3. The maximum atomic E-state index is 9.79. The fraction of sp³-hybridized carbons (Fsp3) is 1.00. The van der Waals surface area contributed by atoms with E-state index in [9.17, 15) is 8.42 Å². The molecule has 0 fully saturated rings. The van der Waals surface area contributed by atoms with Gasteiger partial charge in [0.05, 0.1) is 5.75 Å². The standard InChI is InChI=1S/C3H8O3S.C2H8N2.Na.H/c1-2-3-7(4,5)6;3-1-2-4;;/h2-3H2,1H3,(H,4,5,6);1-4H2;;. The predicted molar refractivity (Wildman–Crippen MR) is 52.0 cm³/mol. The third-order valence-electron chi connectivity index (χ3n) is 0.629. The first-order valence-electron chi connectivity index (χ1n) is 3.33. The minimum absolute atomic E-state index is 0.